The van der Waals surface area contributed by atoms with Crippen molar-refractivity contribution in [3.63, 3.8) is 0 Å². The third kappa shape index (κ3) is 3.96. The zero-order valence-corrected chi connectivity index (χ0v) is 11.9. The summed E-state index contributed by atoms with van der Waals surface area (Å²) >= 11 is 0. The van der Waals surface area contributed by atoms with Gasteiger partial charge in [-0.2, -0.15) is 0 Å². The van der Waals surface area contributed by atoms with Crippen LogP contribution >= 0.6 is 0 Å². The molecule has 2 aliphatic rings. The van der Waals surface area contributed by atoms with Gasteiger partial charge in [0.1, 0.15) is 0 Å². The molecule has 0 amide bonds. The topological polar surface area (TPSA) is 15.3 Å². The van der Waals surface area contributed by atoms with Gasteiger partial charge in [0.15, 0.2) is 0 Å². The molecule has 2 fully saturated rings. The Balaban J connectivity index is 1.68. The van der Waals surface area contributed by atoms with Gasteiger partial charge in [-0.05, 0) is 63.1 Å². The third-order valence-corrected chi connectivity index (χ3v) is 4.69. The molecule has 2 heteroatoms. The van der Waals surface area contributed by atoms with Crippen LogP contribution in [0.2, 0.25) is 0 Å². The van der Waals surface area contributed by atoms with E-state index in [0.717, 1.165) is 23.8 Å². The average molecular weight is 238 g/mol. The van der Waals surface area contributed by atoms with Crippen LogP contribution in [0.15, 0.2) is 0 Å². The molecule has 1 aliphatic heterocycles. The number of likely N-dealkylation sites (tertiary alicyclic amines) is 1. The molecule has 3 unspecified atom stereocenters. The fourth-order valence-corrected chi connectivity index (χ4v) is 3.81. The molecule has 0 spiro atoms. The number of hydrogen-bond donors (Lipinski definition) is 1. The summed E-state index contributed by atoms with van der Waals surface area (Å²) in [7, 11) is 0. The molecule has 1 saturated carbocycles. The average Bonchev–Trinajstić information content (AvgIpc) is 2.73. The fourth-order valence-electron chi connectivity index (χ4n) is 3.81. The summed E-state index contributed by atoms with van der Waals surface area (Å²) in [6, 6.07) is 0.796. The van der Waals surface area contributed by atoms with Crippen LogP contribution < -0.4 is 5.32 Å². The summed E-state index contributed by atoms with van der Waals surface area (Å²) < 4.78 is 0. The van der Waals surface area contributed by atoms with Crippen molar-refractivity contribution in [1.29, 1.82) is 0 Å². The first-order valence-electron chi connectivity index (χ1n) is 7.63. The Morgan fingerprint density at radius 3 is 2.41 bits per heavy atom. The van der Waals surface area contributed by atoms with Crippen LogP contribution in [0.4, 0.5) is 0 Å². The second-order valence-corrected chi connectivity index (χ2v) is 6.57. The molecule has 17 heavy (non-hydrogen) atoms. The van der Waals surface area contributed by atoms with Crippen molar-refractivity contribution in [1.82, 2.24) is 10.2 Å². The van der Waals surface area contributed by atoms with Crippen LogP contribution in [0.5, 0.6) is 0 Å². The van der Waals surface area contributed by atoms with Gasteiger partial charge < -0.3 is 10.2 Å². The van der Waals surface area contributed by atoms with Gasteiger partial charge in [0.2, 0.25) is 0 Å². The van der Waals surface area contributed by atoms with Crippen molar-refractivity contribution >= 4 is 0 Å². The molecule has 0 aromatic rings. The van der Waals surface area contributed by atoms with Gasteiger partial charge in [-0.25, -0.2) is 0 Å². The lowest BCUT2D eigenvalue weighted by atomic mass is 9.80. The Morgan fingerprint density at radius 2 is 1.82 bits per heavy atom. The van der Waals surface area contributed by atoms with E-state index in [4.69, 9.17) is 0 Å². The number of nitrogens with one attached hydrogen (secondary N) is 1. The molecule has 1 N–H and O–H groups in total. The van der Waals surface area contributed by atoms with E-state index < -0.39 is 0 Å². The van der Waals surface area contributed by atoms with E-state index in [0.29, 0.717) is 0 Å². The highest BCUT2D eigenvalue weighted by atomic mass is 15.1. The normalized spacial score (nSPS) is 39.7. The second kappa shape index (κ2) is 6.19. The molecule has 0 radical (unpaired) electrons. The zero-order valence-electron chi connectivity index (χ0n) is 11.9. The first-order chi connectivity index (χ1) is 8.17. The fraction of sp³-hybridized carbons (Fsp3) is 1.00. The maximum absolute atomic E-state index is 3.84. The predicted octanol–water partition coefficient (Wildman–Crippen LogP) is 2.74. The number of nitrogens with zero attached hydrogens (tertiary/aromatic N) is 1. The monoisotopic (exact) mass is 238 g/mol. The SMILES string of the molecule is CCN1CCC(CNC2CC(C)CC(C)C2)C1. The lowest BCUT2D eigenvalue weighted by molar-refractivity contribution is 0.231. The molecule has 0 bridgehead atoms. The predicted molar refractivity (Wildman–Crippen MR) is 74.2 cm³/mol. The summed E-state index contributed by atoms with van der Waals surface area (Å²) in [5.41, 5.74) is 0. The molecule has 2 rings (SSSR count). The number of rotatable bonds is 4. The second-order valence-electron chi connectivity index (χ2n) is 6.57. The van der Waals surface area contributed by atoms with Crippen LogP contribution in [0.25, 0.3) is 0 Å². The van der Waals surface area contributed by atoms with E-state index in [2.05, 4.69) is 31.0 Å². The highest BCUT2D eigenvalue weighted by Crippen LogP contribution is 2.28. The van der Waals surface area contributed by atoms with E-state index >= 15 is 0 Å². The summed E-state index contributed by atoms with van der Waals surface area (Å²) in [5, 5.41) is 3.84. The minimum absolute atomic E-state index is 0.796. The van der Waals surface area contributed by atoms with Crippen molar-refractivity contribution in [3.05, 3.63) is 0 Å². The zero-order chi connectivity index (χ0) is 12.3. The minimum Gasteiger partial charge on any atom is -0.314 e. The molecule has 3 atom stereocenters. The van der Waals surface area contributed by atoms with E-state index in [1.54, 1.807) is 0 Å². The van der Waals surface area contributed by atoms with Crippen LogP contribution in [-0.2, 0) is 0 Å². The molecule has 100 valence electrons. The van der Waals surface area contributed by atoms with Gasteiger partial charge in [-0.1, -0.05) is 20.8 Å². The molecule has 2 nitrogen and oxygen atoms in total. The van der Waals surface area contributed by atoms with E-state index in [1.165, 1.54) is 51.9 Å². The lowest BCUT2D eigenvalue weighted by Crippen LogP contribution is -2.39. The summed E-state index contributed by atoms with van der Waals surface area (Å²) in [6.45, 7) is 12.2. The van der Waals surface area contributed by atoms with Crippen molar-refractivity contribution in [3.8, 4) is 0 Å². The maximum Gasteiger partial charge on any atom is 0.00722 e. The first kappa shape index (κ1) is 13.4. The molecule has 1 aliphatic carbocycles. The smallest absolute Gasteiger partial charge is 0.00722 e. The summed E-state index contributed by atoms with van der Waals surface area (Å²) in [4.78, 5) is 2.58. The van der Waals surface area contributed by atoms with Crippen molar-refractivity contribution in [2.45, 2.75) is 52.5 Å². The highest BCUT2D eigenvalue weighted by molar-refractivity contribution is 4.82. The van der Waals surface area contributed by atoms with Crippen LogP contribution in [0.3, 0.4) is 0 Å². The Hall–Kier alpha value is -0.0800. The van der Waals surface area contributed by atoms with Crippen molar-refractivity contribution in [2.24, 2.45) is 17.8 Å². The number of hydrogen-bond acceptors (Lipinski definition) is 2. The van der Waals surface area contributed by atoms with Gasteiger partial charge >= 0.3 is 0 Å². The van der Waals surface area contributed by atoms with Gasteiger partial charge in [-0.15, -0.1) is 0 Å². The maximum atomic E-state index is 3.84. The Labute approximate surface area is 107 Å². The molecule has 1 heterocycles. The van der Waals surface area contributed by atoms with Crippen LogP contribution in [-0.4, -0.2) is 37.1 Å². The highest BCUT2D eigenvalue weighted by Gasteiger charge is 2.26. The van der Waals surface area contributed by atoms with Crippen LogP contribution in [0.1, 0.15) is 46.5 Å². The van der Waals surface area contributed by atoms with Crippen LogP contribution in [0, 0.1) is 17.8 Å². The summed E-state index contributed by atoms with van der Waals surface area (Å²) in [5.74, 6) is 2.75. The van der Waals surface area contributed by atoms with E-state index in [9.17, 15) is 0 Å². The largest absolute Gasteiger partial charge is 0.314 e. The molecule has 0 aromatic carbocycles. The summed E-state index contributed by atoms with van der Waals surface area (Å²) in [6.07, 6.45) is 5.63. The lowest BCUT2D eigenvalue weighted by Gasteiger charge is -2.32. The standard InChI is InChI=1S/C15H30N2/c1-4-17-6-5-14(11-17)10-16-15-8-12(2)7-13(3)9-15/h12-16H,4-11H2,1-3H3. The Bertz CT molecular complexity index is 219. The van der Waals surface area contributed by atoms with Crippen molar-refractivity contribution < 1.29 is 0 Å². The Kier molecular flexibility index (Phi) is 4.87. The quantitative estimate of drug-likeness (QED) is 0.810. The molecule has 1 saturated heterocycles. The third-order valence-electron chi connectivity index (χ3n) is 4.69. The van der Waals surface area contributed by atoms with Gasteiger partial charge in [0.05, 0.1) is 0 Å². The first-order valence-corrected chi connectivity index (χ1v) is 7.63. The molecular weight excluding hydrogens is 208 g/mol. The molecule has 0 aromatic heterocycles. The van der Waals surface area contributed by atoms with E-state index in [1.807, 2.05) is 0 Å². The minimum atomic E-state index is 0.796. The van der Waals surface area contributed by atoms with E-state index in [-0.39, 0.29) is 0 Å². The van der Waals surface area contributed by atoms with Crippen molar-refractivity contribution in [2.75, 3.05) is 26.2 Å². The Morgan fingerprint density at radius 1 is 1.12 bits per heavy atom. The van der Waals surface area contributed by atoms with Gasteiger partial charge in [0.25, 0.3) is 0 Å². The van der Waals surface area contributed by atoms with Gasteiger partial charge in [-0.3, -0.25) is 0 Å². The van der Waals surface area contributed by atoms with Gasteiger partial charge in [0, 0.05) is 12.6 Å². The molecular formula is C15H30N2.